The van der Waals surface area contributed by atoms with Crippen molar-refractivity contribution >= 4 is 17.5 Å². The van der Waals surface area contributed by atoms with Crippen LogP contribution in [0.3, 0.4) is 0 Å². The molecule has 1 aliphatic heterocycles. The maximum absolute atomic E-state index is 11.9. The molecule has 0 saturated heterocycles. The summed E-state index contributed by atoms with van der Waals surface area (Å²) < 4.78 is 10.4. The first-order chi connectivity index (χ1) is 8.70. The third kappa shape index (κ3) is 3.07. The molecule has 1 unspecified atom stereocenters. The fourth-order valence-corrected chi connectivity index (χ4v) is 2.05. The minimum Gasteiger partial charge on any atom is -0.454 e. The summed E-state index contributed by atoms with van der Waals surface area (Å²) in [5.74, 6) is 1.14. The molecular formula is C13H16ClNO3. The van der Waals surface area contributed by atoms with Crippen LogP contribution in [0.5, 0.6) is 11.5 Å². The van der Waals surface area contributed by atoms with Crippen LogP contribution in [0.2, 0.25) is 0 Å². The summed E-state index contributed by atoms with van der Waals surface area (Å²) >= 11 is 6.05. The van der Waals surface area contributed by atoms with Gasteiger partial charge in [0.2, 0.25) is 6.79 Å². The Morgan fingerprint density at radius 2 is 2.22 bits per heavy atom. The number of alkyl halides is 1. The van der Waals surface area contributed by atoms with Gasteiger partial charge in [-0.25, -0.2) is 0 Å². The van der Waals surface area contributed by atoms with Gasteiger partial charge in [-0.3, -0.25) is 4.79 Å². The molecule has 1 aromatic carbocycles. The Hall–Kier alpha value is -1.42. The molecule has 1 atom stereocenters. The average molecular weight is 270 g/mol. The molecule has 0 bridgehead atoms. The summed E-state index contributed by atoms with van der Waals surface area (Å²) in [6.07, 6.45) is 1.90. The Morgan fingerprint density at radius 3 is 3.00 bits per heavy atom. The second kappa shape index (κ2) is 5.96. The van der Waals surface area contributed by atoms with Gasteiger partial charge >= 0.3 is 0 Å². The van der Waals surface area contributed by atoms with E-state index in [-0.39, 0.29) is 18.1 Å². The van der Waals surface area contributed by atoms with Crippen LogP contribution in [-0.2, 0) is 0 Å². The molecule has 4 nitrogen and oxygen atoms in total. The smallest absolute Gasteiger partial charge is 0.251 e. The zero-order valence-electron chi connectivity index (χ0n) is 10.2. The van der Waals surface area contributed by atoms with E-state index in [1.54, 1.807) is 18.2 Å². The maximum Gasteiger partial charge on any atom is 0.251 e. The predicted octanol–water partition coefficient (Wildman–Crippen LogP) is 2.55. The summed E-state index contributed by atoms with van der Waals surface area (Å²) in [5, 5.41) is 2.79. The molecule has 0 aromatic heterocycles. The Balaban J connectivity index is 1.93. The number of fused-ring (bicyclic) bond motifs is 1. The second-order valence-corrected chi connectivity index (χ2v) is 4.78. The van der Waals surface area contributed by atoms with Crippen molar-refractivity contribution in [2.75, 3.05) is 13.3 Å². The molecule has 0 saturated carbocycles. The topological polar surface area (TPSA) is 47.6 Å². The lowest BCUT2D eigenvalue weighted by Crippen LogP contribution is -2.29. The van der Waals surface area contributed by atoms with Gasteiger partial charge in [-0.2, -0.15) is 0 Å². The van der Waals surface area contributed by atoms with Gasteiger partial charge in [-0.15, -0.1) is 11.6 Å². The molecule has 1 heterocycles. The van der Waals surface area contributed by atoms with Gasteiger partial charge in [0.1, 0.15) is 0 Å². The fourth-order valence-electron chi connectivity index (χ4n) is 1.76. The molecule has 2 rings (SSSR count). The van der Waals surface area contributed by atoms with E-state index in [0.29, 0.717) is 23.6 Å². The number of ether oxygens (including phenoxy) is 2. The van der Waals surface area contributed by atoms with Crippen molar-refractivity contribution in [1.82, 2.24) is 5.32 Å². The van der Waals surface area contributed by atoms with E-state index < -0.39 is 0 Å². The first-order valence-corrected chi connectivity index (χ1v) is 6.46. The highest BCUT2D eigenvalue weighted by Gasteiger charge is 2.16. The van der Waals surface area contributed by atoms with Crippen LogP contribution in [0, 0.1) is 0 Å². The summed E-state index contributed by atoms with van der Waals surface area (Å²) in [7, 11) is 0. The van der Waals surface area contributed by atoms with Gasteiger partial charge in [0.05, 0.1) is 5.38 Å². The third-order valence-corrected chi connectivity index (χ3v) is 3.09. The first kappa shape index (κ1) is 13.0. The molecule has 0 spiro atoms. The van der Waals surface area contributed by atoms with Crippen molar-refractivity contribution in [2.45, 2.75) is 25.1 Å². The third-order valence-electron chi connectivity index (χ3n) is 2.72. The van der Waals surface area contributed by atoms with E-state index in [1.807, 2.05) is 0 Å². The lowest BCUT2D eigenvalue weighted by molar-refractivity contribution is 0.0953. The zero-order chi connectivity index (χ0) is 13.0. The fraction of sp³-hybridized carbons (Fsp3) is 0.462. The molecule has 0 radical (unpaired) electrons. The molecule has 5 heteroatoms. The number of halogens is 1. The van der Waals surface area contributed by atoms with E-state index in [0.717, 1.165) is 12.8 Å². The van der Waals surface area contributed by atoms with Crippen LogP contribution in [0.25, 0.3) is 0 Å². The molecule has 1 aliphatic rings. The minimum absolute atomic E-state index is 0.0204. The number of benzene rings is 1. The Bertz CT molecular complexity index is 436. The van der Waals surface area contributed by atoms with Gasteiger partial charge in [0, 0.05) is 12.1 Å². The SMILES string of the molecule is CCCC(Cl)CNC(=O)c1ccc2c(c1)OCO2. The van der Waals surface area contributed by atoms with E-state index in [2.05, 4.69) is 12.2 Å². The van der Waals surface area contributed by atoms with Crippen molar-refractivity contribution in [3.05, 3.63) is 23.8 Å². The van der Waals surface area contributed by atoms with Gasteiger partial charge in [0.25, 0.3) is 5.91 Å². The van der Waals surface area contributed by atoms with Crippen LogP contribution in [-0.4, -0.2) is 24.6 Å². The monoisotopic (exact) mass is 269 g/mol. The summed E-state index contributed by atoms with van der Waals surface area (Å²) in [6, 6.07) is 5.13. The normalized spacial score (nSPS) is 14.3. The lowest BCUT2D eigenvalue weighted by Gasteiger charge is -2.10. The number of carbonyl (C=O) groups excluding carboxylic acids is 1. The highest BCUT2D eigenvalue weighted by molar-refractivity contribution is 6.20. The van der Waals surface area contributed by atoms with Crippen LogP contribution < -0.4 is 14.8 Å². The van der Waals surface area contributed by atoms with Crippen LogP contribution in [0.1, 0.15) is 30.1 Å². The van der Waals surface area contributed by atoms with Crippen LogP contribution in [0.15, 0.2) is 18.2 Å². The van der Waals surface area contributed by atoms with Crippen molar-refractivity contribution in [2.24, 2.45) is 0 Å². The molecule has 0 aliphatic carbocycles. The molecule has 18 heavy (non-hydrogen) atoms. The van der Waals surface area contributed by atoms with Gasteiger partial charge in [-0.1, -0.05) is 13.3 Å². The van der Waals surface area contributed by atoms with E-state index in [9.17, 15) is 4.79 Å². The van der Waals surface area contributed by atoms with Crippen LogP contribution >= 0.6 is 11.6 Å². The zero-order valence-corrected chi connectivity index (χ0v) is 11.0. The second-order valence-electron chi connectivity index (χ2n) is 4.16. The summed E-state index contributed by atoms with van der Waals surface area (Å²) in [5.41, 5.74) is 0.555. The number of carbonyl (C=O) groups is 1. The van der Waals surface area contributed by atoms with Crippen molar-refractivity contribution in [3.8, 4) is 11.5 Å². The molecular weight excluding hydrogens is 254 g/mol. The van der Waals surface area contributed by atoms with Gasteiger partial charge in [0.15, 0.2) is 11.5 Å². The largest absolute Gasteiger partial charge is 0.454 e. The summed E-state index contributed by atoms with van der Waals surface area (Å²) in [4.78, 5) is 11.9. The number of amides is 1. The predicted molar refractivity (Wildman–Crippen MR) is 69.4 cm³/mol. The van der Waals surface area contributed by atoms with Crippen molar-refractivity contribution in [1.29, 1.82) is 0 Å². The highest BCUT2D eigenvalue weighted by atomic mass is 35.5. The lowest BCUT2D eigenvalue weighted by atomic mass is 10.2. The highest BCUT2D eigenvalue weighted by Crippen LogP contribution is 2.32. The van der Waals surface area contributed by atoms with E-state index >= 15 is 0 Å². The van der Waals surface area contributed by atoms with E-state index in [4.69, 9.17) is 21.1 Å². The summed E-state index contributed by atoms with van der Waals surface area (Å²) in [6.45, 7) is 2.75. The number of nitrogens with one attached hydrogen (secondary N) is 1. The Labute approximate surface area is 111 Å². The minimum atomic E-state index is -0.143. The quantitative estimate of drug-likeness (QED) is 0.836. The average Bonchev–Trinajstić information content (AvgIpc) is 2.83. The van der Waals surface area contributed by atoms with Gasteiger partial charge in [-0.05, 0) is 24.6 Å². The maximum atomic E-state index is 11.9. The number of rotatable bonds is 5. The Morgan fingerprint density at radius 1 is 1.44 bits per heavy atom. The van der Waals surface area contributed by atoms with E-state index in [1.165, 1.54) is 0 Å². The number of hydrogen-bond donors (Lipinski definition) is 1. The van der Waals surface area contributed by atoms with Crippen molar-refractivity contribution < 1.29 is 14.3 Å². The van der Waals surface area contributed by atoms with Gasteiger partial charge < -0.3 is 14.8 Å². The van der Waals surface area contributed by atoms with Crippen LogP contribution in [0.4, 0.5) is 0 Å². The molecule has 1 N–H and O–H groups in total. The molecule has 1 amide bonds. The molecule has 98 valence electrons. The Kier molecular flexibility index (Phi) is 4.31. The molecule has 1 aromatic rings. The molecule has 0 fully saturated rings. The van der Waals surface area contributed by atoms with Crippen molar-refractivity contribution in [3.63, 3.8) is 0 Å². The number of hydrogen-bond acceptors (Lipinski definition) is 3. The first-order valence-electron chi connectivity index (χ1n) is 6.02. The standard InChI is InChI=1S/C13H16ClNO3/c1-2-3-10(14)7-15-13(16)9-4-5-11-12(6-9)18-8-17-11/h4-6,10H,2-3,7-8H2,1H3,(H,15,16).